The Morgan fingerprint density at radius 1 is 1.23 bits per heavy atom. The number of hydrogen-bond acceptors (Lipinski definition) is 5. The molecular weight excluding hydrogens is 335 g/mol. The van der Waals surface area contributed by atoms with E-state index in [2.05, 4.69) is 15.1 Å². The second-order valence-corrected chi connectivity index (χ2v) is 6.66. The minimum atomic E-state index is -0.369. The average molecular weight is 354 g/mol. The third-order valence-electron chi connectivity index (χ3n) is 4.72. The Labute approximate surface area is 150 Å². The van der Waals surface area contributed by atoms with Crippen molar-refractivity contribution >= 4 is 16.8 Å². The highest BCUT2D eigenvalue weighted by atomic mass is 19.1. The zero-order valence-corrected chi connectivity index (χ0v) is 14.7. The number of pyridine rings is 1. The fraction of sp³-hybridized carbons (Fsp3) is 0.368. The Morgan fingerprint density at radius 3 is 2.85 bits per heavy atom. The highest BCUT2D eigenvalue weighted by Crippen LogP contribution is 2.32. The molecule has 1 saturated heterocycles. The van der Waals surface area contributed by atoms with Crippen LogP contribution in [0.3, 0.4) is 0 Å². The molecule has 7 heteroatoms. The van der Waals surface area contributed by atoms with Crippen LogP contribution < -0.4 is 0 Å². The van der Waals surface area contributed by atoms with Crippen molar-refractivity contribution in [1.82, 2.24) is 20.0 Å². The lowest BCUT2D eigenvalue weighted by Gasteiger charge is -2.33. The van der Waals surface area contributed by atoms with Gasteiger partial charge in [0.05, 0.1) is 11.1 Å². The first-order chi connectivity index (χ1) is 12.5. The SMILES string of the molecule is Cc1cc(C(=O)N2CCCC[C@H]2c2nc(C)no2)c2ccc(F)cc2n1. The van der Waals surface area contributed by atoms with Crippen LogP contribution in [0.2, 0.25) is 0 Å². The number of fused-ring (bicyclic) bond motifs is 1. The Hall–Kier alpha value is -2.83. The van der Waals surface area contributed by atoms with E-state index in [1.165, 1.54) is 12.1 Å². The molecule has 0 aliphatic carbocycles. The molecule has 1 aromatic carbocycles. The summed E-state index contributed by atoms with van der Waals surface area (Å²) < 4.78 is 18.9. The van der Waals surface area contributed by atoms with Crippen LogP contribution in [0, 0.1) is 19.7 Å². The lowest BCUT2D eigenvalue weighted by molar-refractivity contribution is 0.0563. The Morgan fingerprint density at radius 2 is 2.08 bits per heavy atom. The van der Waals surface area contributed by atoms with Crippen LogP contribution in [0.1, 0.15) is 53.1 Å². The number of hydrogen-bond donors (Lipinski definition) is 0. The fourth-order valence-electron chi connectivity index (χ4n) is 3.55. The molecule has 0 radical (unpaired) electrons. The number of nitrogens with zero attached hydrogens (tertiary/aromatic N) is 4. The van der Waals surface area contributed by atoms with Crippen LogP contribution in [-0.4, -0.2) is 32.5 Å². The average Bonchev–Trinajstić information content (AvgIpc) is 3.06. The van der Waals surface area contributed by atoms with Crippen molar-refractivity contribution in [2.75, 3.05) is 6.54 Å². The fourth-order valence-corrected chi connectivity index (χ4v) is 3.55. The number of aromatic nitrogens is 3. The molecule has 0 N–H and O–H groups in total. The van der Waals surface area contributed by atoms with Gasteiger partial charge in [-0.2, -0.15) is 4.98 Å². The third kappa shape index (κ3) is 2.94. The van der Waals surface area contributed by atoms with E-state index in [0.717, 1.165) is 19.3 Å². The maximum absolute atomic E-state index is 13.6. The van der Waals surface area contributed by atoms with Gasteiger partial charge >= 0.3 is 0 Å². The number of amides is 1. The van der Waals surface area contributed by atoms with E-state index >= 15 is 0 Å². The molecule has 1 fully saturated rings. The van der Waals surface area contributed by atoms with Gasteiger partial charge in [0, 0.05) is 23.7 Å². The Kier molecular flexibility index (Phi) is 4.14. The van der Waals surface area contributed by atoms with Gasteiger partial charge < -0.3 is 9.42 Å². The minimum Gasteiger partial charge on any atom is -0.337 e. The predicted octanol–water partition coefficient (Wildman–Crippen LogP) is 3.74. The molecule has 0 saturated carbocycles. The molecule has 134 valence electrons. The van der Waals surface area contributed by atoms with Gasteiger partial charge in [-0.25, -0.2) is 4.39 Å². The van der Waals surface area contributed by atoms with Gasteiger partial charge in [0.2, 0.25) is 5.89 Å². The molecule has 2 aromatic heterocycles. The van der Waals surface area contributed by atoms with Gasteiger partial charge in [0.15, 0.2) is 5.82 Å². The number of halogens is 1. The molecule has 1 aliphatic rings. The summed E-state index contributed by atoms with van der Waals surface area (Å²) in [7, 11) is 0. The number of benzene rings is 1. The van der Waals surface area contributed by atoms with Gasteiger partial charge in [-0.05, 0) is 51.3 Å². The first-order valence-electron chi connectivity index (χ1n) is 8.71. The van der Waals surface area contributed by atoms with Gasteiger partial charge in [-0.1, -0.05) is 5.16 Å². The monoisotopic (exact) mass is 354 g/mol. The molecule has 4 rings (SSSR count). The summed E-state index contributed by atoms with van der Waals surface area (Å²) in [4.78, 5) is 23.8. The Bertz CT molecular complexity index is 980. The van der Waals surface area contributed by atoms with Crippen LogP contribution in [0.25, 0.3) is 10.9 Å². The quantitative estimate of drug-likeness (QED) is 0.701. The number of rotatable bonds is 2. The molecule has 3 aromatic rings. The van der Waals surface area contributed by atoms with Crippen molar-refractivity contribution in [2.45, 2.75) is 39.2 Å². The summed E-state index contributed by atoms with van der Waals surface area (Å²) in [5.41, 5.74) is 1.68. The van der Waals surface area contributed by atoms with E-state index in [1.807, 2.05) is 0 Å². The first-order valence-corrected chi connectivity index (χ1v) is 8.71. The van der Waals surface area contributed by atoms with E-state index < -0.39 is 0 Å². The van der Waals surface area contributed by atoms with Crippen molar-refractivity contribution in [3.8, 4) is 0 Å². The summed E-state index contributed by atoms with van der Waals surface area (Å²) >= 11 is 0. The van der Waals surface area contributed by atoms with Gasteiger partial charge in [0.25, 0.3) is 5.91 Å². The lowest BCUT2D eigenvalue weighted by atomic mass is 9.99. The maximum atomic E-state index is 13.6. The van der Waals surface area contributed by atoms with Gasteiger partial charge in [-0.3, -0.25) is 9.78 Å². The number of aryl methyl sites for hydroxylation is 2. The Balaban J connectivity index is 1.77. The smallest absolute Gasteiger partial charge is 0.255 e. The summed E-state index contributed by atoms with van der Waals surface area (Å²) in [6.07, 6.45) is 2.70. The van der Waals surface area contributed by atoms with Crippen molar-refractivity contribution in [2.24, 2.45) is 0 Å². The van der Waals surface area contributed by atoms with Gasteiger partial charge in [0.1, 0.15) is 11.9 Å². The molecule has 26 heavy (non-hydrogen) atoms. The zero-order chi connectivity index (χ0) is 18.3. The highest BCUT2D eigenvalue weighted by Gasteiger charge is 2.33. The van der Waals surface area contributed by atoms with Crippen LogP contribution in [0.15, 0.2) is 28.8 Å². The van der Waals surface area contributed by atoms with Crippen LogP contribution in [-0.2, 0) is 0 Å². The van der Waals surface area contributed by atoms with Crippen LogP contribution >= 0.6 is 0 Å². The van der Waals surface area contributed by atoms with Crippen LogP contribution in [0.4, 0.5) is 4.39 Å². The normalized spacial score (nSPS) is 17.7. The van der Waals surface area contributed by atoms with Crippen LogP contribution in [0.5, 0.6) is 0 Å². The minimum absolute atomic E-state index is 0.118. The predicted molar refractivity (Wildman–Crippen MR) is 93.1 cm³/mol. The number of likely N-dealkylation sites (tertiary alicyclic amines) is 1. The molecular formula is C19H19FN4O2. The molecule has 0 unspecified atom stereocenters. The summed E-state index contributed by atoms with van der Waals surface area (Å²) in [6, 6.07) is 5.84. The maximum Gasteiger partial charge on any atom is 0.255 e. The van der Waals surface area contributed by atoms with E-state index in [0.29, 0.717) is 40.4 Å². The largest absolute Gasteiger partial charge is 0.337 e. The zero-order valence-electron chi connectivity index (χ0n) is 14.7. The molecule has 1 amide bonds. The molecule has 1 atom stereocenters. The molecule has 1 aliphatic heterocycles. The van der Waals surface area contributed by atoms with E-state index in [4.69, 9.17) is 4.52 Å². The molecule has 0 bridgehead atoms. The summed E-state index contributed by atoms with van der Waals surface area (Å²) in [5, 5.41) is 4.50. The molecule has 0 spiro atoms. The van der Waals surface area contributed by atoms with Crippen molar-refractivity contribution < 1.29 is 13.7 Å². The molecule has 3 heterocycles. The van der Waals surface area contributed by atoms with E-state index in [9.17, 15) is 9.18 Å². The van der Waals surface area contributed by atoms with Crippen molar-refractivity contribution in [3.05, 3.63) is 53.1 Å². The van der Waals surface area contributed by atoms with E-state index in [-0.39, 0.29) is 17.8 Å². The number of piperidine rings is 1. The van der Waals surface area contributed by atoms with E-state index in [1.54, 1.807) is 30.9 Å². The third-order valence-corrected chi connectivity index (χ3v) is 4.72. The highest BCUT2D eigenvalue weighted by molar-refractivity contribution is 6.06. The second kappa shape index (κ2) is 6.48. The first kappa shape index (κ1) is 16.6. The van der Waals surface area contributed by atoms with Gasteiger partial charge in [-0.15, -0.1) is 0 Å². The van der Waals surface area contributed by atoms with Crippen molar-refractivity contribution in [3.63, 3.8) is 0 Å². The molecule has 6 nitrogen and oxygen atoms in total. The standard InChI is InChI=1S/C19H19FN4O2/c1-11-9-15(14-7-6-13(20)10-16(14)21-11)19(25)24-8-4-3-5-17(24)18-22-12(2)23-26-18/h6-7,9-10,17H,3-5,8H2,1-2H3/t17-/m0/s1. The number of carbonyl (C=O) groups is 1. The summed E-state index contributed by atoms with van der Waals surface area (Å²) in [6.45, 7) is 4.18. The summed E-state index contributed by atoms with van der Waals surface area (Å²) in [5.74, 6) is 0.536. The van der Waals surface area contributed by atoms with Crippen molar-refractivity contribution in [1.29, 1.82) is 0 Å². The topological polar surface area (TPSA) is 72.1 Å². The second-order valence-electron chi connectivity index (χ2n) is 6.66. The lowest BCUT2D eigenvalue weighted by Crippen LogP contribution is -2.38. The number of carbonyl (C=O) groups excluding carboxylic acids is 1.